The standard InChI is InChI=1S/C26H23F2N3O4S/c1-2-34-19-11-7-18(8-12-19)31-24(33)22(15-17-5-9-20(10-6-17)35-26(27)28)36-25(31)21(16-29)23(32)30-13-3-4-14-30/h5-12,15,26H,2-4,13-14H2,1H3. The molecule has 0 spiro atoms. The third kappa shape index (κ3) is 5.47. The van der Waals surface area contributed by atoms with E-state index in [2.05, 4.69) is 4.74 Å². The monoisotopic (exact) mass is 511 g/mol. The summed E-state index contributed by atoms with van der Waals surface area (Å²) in [5, 5.41) is 9.94. The zero-order chi connectivity index (χ0) is 25.7. The average Bonchev–Trinajstić information content (AvgIpc) is 3.50. The molecule has 4 rings (SSSR count). The highest BCUT2D eigenvalue weighted by Crippen LogP contribution is 2.17. The summed E-state index contributed by atoms with van der Waals surface area (Å²) in [6, 6.07) is 14.7. The molecule has 1 aromatic heterocycles. The van der Waals surface area contributed by atoms with Crippen molar-refractivity contribution in [2.75, 3.05) is 19.7 Å². The third-order valence-electron chi connectivity index (χ3n) is 5.57. The number of ether oxygens (including phenoxy) is 2. The predicted octanol–water partition coefficient (Wildman–Crippen LogP) is 3.02. The molecular weight excluding hydrogens is 488 g/mol. The molecule has 2 heterocycles. The van der Waals surface area contributed by atoms with Crippen molar-refractivity contribution >= 4 is 28.9 Å². The smallest absolute Gasteiger partial charge is 0.387 e. The fourth-order valence-corrected chi connectivity index (χ4v) is 5.00. The number of nitriles is 1. The van der Waals surface area contributed by atoms with Gasteiger partial charge in [0.15, 0.2) is 5.57 Å². The van der Waals surface area contributed by atoms with Crippen molar-refractivity contribution in [1.29, 1.82) is 5.26 Å². The molecule has 0 radical (unpaired) electrons. The summed E-state index contributed by atoms with van der Waals surface area (Å²) in [5.41, 5.74) is 0.545. The molecule has 0 aliphatic carbocycles. The molecule has 36 heavy (non-hydrogen) atoms. The van der Waals surface area contributed by atoms with Gasteiger partial charge >= 0.3 is 6.61 Å². The van der Waals surface area contributed by atoms with Crippen molar-refractivity contribution in [2.24, 2.45) is 0 Å². The van der Waals surface area contributed by atoms with Gasteiger partial charge in [0.2, 0.25) is 0 Å². The van der Waals surface area contributed by atoms with E-state index in [1.807, 2.05) is 13.0 Å². The van der Waals surface area contributed by atoms with E-state index in [9.17, 15) is 23.6 Å². The summed E-state index contributed by atoms with van der Waals surface area (Å²) in [6.45, 7) is 0.541. The van der Waals surface area contributed by atoms with Crippen LogP contribution in [0, 0.1) is 11.3 Å². The quantitative estimate of drug-likeness (QED) is 0.487. The van der Waals surface area contributed by atoms with E-state index in [1.165, 1.54) is 16.7 Å². The van der Waals surface area contributed by atoms with Gasteiger partial charge in [-0.05, 0) is 67.8 Å². The topological polar surface area (TPSA) is 84.6 Å². The number of carbonyl (C=O) groups excluding carboxylic acids is 1. The number of thiazole rings is 1. The van der Waals surface area contributed by atoms with Crippen LogP contribution in [-0.2, 0) is 4.79 Å². The maximum absolute atomic E-state index is 13.5. The lowest BCUT2D eigenvalue weighted by Gasteiger charge is -2.14. The fraction of sp³-hybridized carbons (Fsp3) is 0.269. The molecule has 1 saturated heterocycles. The van der Waals surface area contributed by atoms with Gasteiger partial charge in [-0.25, -0.2) is 0 Å². The highest BCUT2D eigenvalue weighted by molar-refractivity contribution is 7.07. The largest absolute Gasteiger partial charge is 0.494 e. The Bertz CT molecular complexity index is 1450. The normalized spacial score (nSPS) is 14.6. The van der Waals surface area contributed by atoms with Gasteiger partial charge in [-0.1, -0.05) is 12.1 Å². The molecule has 1 aliphatic heterocycles. The van der Waals surface area contributed by atoms with E-state index in [4.69, 9.17) is 4.74 Å². The first-order valence-corrected chi connectivity index (χ1v) is 12.2. The first-order valence-electron chi connectivity index (χ1n) is 11.4. The van der Waals surface area contributed by atoms with Crippen molar-refractivity contribution in [2.45, 2.75) is 26.4 Å². The van der Waals surface area contributed by atoms with Gasteiger partial charge in [0.25, 0.3) is 11.5 Å². The van der Waals surface area contributed by atoms with Gasteiger partial charge < -0.3 is 14.4 Å². The number of aromatic nitrogens is 1. The fourth-order valence-electron chi connectivity index (χ4n) is 3.90. The summed E-state index contributed by atoms with van der Waals surface area (Å²) in [7, 11) is 0. The molecule has 10 heteroatoms. The first-order chi connectivity index (χ1) is 17.4. The number of carbonyl (C=O) groups is 1. The molecule has 3 aromatic rings. The Kier molecular flexibility index (Phi) is 7.80. The number of rotatable bonds is 7. The number of likely N-dealkylation sites (tertiary alicyclic amines) is 1. The predicted molar refractivity (Wildman–Crippen MR) is 132 cm³/mol. The summed E-state index contributed by atoms with van der Waals surface area (Å²) >= 11 is 1.03. The van der Waals surface area contributed by atoms with Crippen LogP contribution in [0.3, 0.4) is 0 Å². The minimum atomic E-state index is -2.94. The van der Waals surface area contributed by atoms with E-state index in [0.717, 1.165) is 24.2 Å². The molecule has 0 unspecified atom stereocenters. The molecule has 0 saturated carbocycles. The second kappa shape index (κ2) is 11.2. The zero-order valence-corrected chi connectivity index (χ0v) is 20.3. The zero-order valence-electron chi connectivity index (χ0n) is 19.4. The number of hydrogen-bond donors (Lipinski definition) is 0. The Morgan fingerprint density at radius 3 is 2.33 bits per heavy atom. The Morgan fingerprint density at radius 1 is 1.11 bits per heavy atom. The van der Waals surface area contributed by atoms with E-state index < -0.39 is 18.1 Å². The SMILES string of the molecule is CCOc1ccc(-n2c(=C(C#N)C(=O)N3CCCC3)sc(=Cc3ccc(OC(F)F)cc3)c2=O)cc1. The minimum Gasteiger partial charge on any atom is -0.494 e. The van der Waals surface area contributed by atoms with Gasteiger partial charge in [-0.2, -0.15) is 14.0 Å². The summed E-state index contributed by atoms with van der Waals surface area (Å²) in [6.07, 6.45) is 3.32. The molecule has 1 amide bonds. The molecule has 0 atom stereocenters. The Balaban J connectivity index is 1.89. The Morgan fingerprint density at radius 2 is 1.75 bits per heavy atom. The van der Waals surface area contributed by atoms with Crippen molar-refractivity contribution in [3.63, 3.8) is 0 Å². The van der Waals surface area contributed by atoms with E-state index >= 15 is 0 Å². The van der Waals surface area contributed by atoms with Crippen molar-refractivity contribution in [1.82, 2.24) is 9.47 Å². The highest BCUT2D eigenvalue weighted by atomic mass is 32.1. The summed E-state index contributed by atoms with van der Waals surface area (Å²) < 4.78 is 36.6. The van der Waals surface area contributed by atoms with Crippen LogP contribution in [0.15, 0.2) is 53.3 Å². The van der Waals surface area contributed by atoms with Gasteiger partial charge in [-0.15, -0.1) is 11.3 Å². The second-order valence-corrected chi connectivity index (χ2v) is 8.95. The third-order valence-corrected chi connectivity index (χ3v) is 6.66. The molecule has 2 aromatic carbocycles. The Hall–Kier alpha value is -3.97. The lowest BCUT2D eigenvalue weighted by Crippen LogP contribution is -2.35. The van der Waals surface area contributed by atoms with E-state index in [1.54, 1.807) is 47.4 Å². The minimum absolute atomic E-state index is 0.00266. The van der Waals surface area contributed by atoms with Crippen LogP contribution in [0.1, 0.15) is 25.3 Å². The number of benzene rings is 2. The number of hydrogen-bond acceptors (Lipinski definition) is 6. The van der Waals surface area contributed by atoms with Crippen LogP contribution in [0.25, 0.3) is 17.3 Å². The van der Waals surface area contributed by atoms with E-state index in [0.29, 0.717) is 36.7 Å². The molecule has 1 fully saturated rings. The lowest BCUT2D eigenvalue weighted by atomic mass is 10.2. The van der Waals surface area contributed by atoms with Crippen LogP contribution in [0.2, 0.25) is 0 Å². The van der Waals surface area contributed by atoms with Gasteiger partial charge in [0.1, 0.15) is 22.2 Å². The molecule has 1 aliphatic rings. The van der Waals surface area contributed by atoms with Gasteiger partial charge in [0, 0.05) is 13.1 Å². The molecule has 0 N–H and O–H groups in total. The number of alkyl halides is 2. The van der Waals surface area contributed by atoms with Crippen molar-refractivity contribution in [3.05, 3.63) is 73.6 Å². The number of amides is 1. The van der Waals surface area contributed by atoms with Crippen LogP contribution >= 0.6 is 11.3 Å². The van der Waals surface area contributed by atoms with E-state index in [-0.39, 0.29) is 20.5 Å². The molecule has 186 valence electrons. The number of halogens is 2. The first kappa shape index (κ1) is 25.1. The number of nitrogens with zero attached hydrogens (tertiary/aromatic N) is 3. The van der Waals surface area contributed by atoms with Crippen molar-refractivity contribution < 1.29 is 23.0 Å². The van der Waals surface area contributed by atoms with Crippen LogP contribution in [0.4, 0.5) is 8.78 Å². The van der Waals surface area contributed by atoms with Crippen LogP contribution < -0.4 is 24.2 Å². The van der Waals surface area contributed by atoms with Gasteiger partial charge in [0.05, 0.1) is 16.8 Å². The van der Waals surface area contributed by atoms with Crippen LogP contribution in [-0.4, -0.2) is 41.7 Å². The second-order valence-electron chi connectivity index (χ2n) is 7.92. The average molecular weight is 512 g/mol. The molecule has 0 bridgehead atoms. The Labute approximate surface area is 209 Å². The maximum Gasteiger partial charge on any atom is 0.387 e. The molecular formula is C26H23F2N3O4S. The highest BCUT2D eigenvalue weighted by Gasteiger charge is 2.24. The van der Waals surface area contributed by atoms with Crippen molar-refractivity contribution in [3.8, 4) is 23.3 Å². The van der Waals surface area contributed by atoms with Crippen LogP contribution in [0.5, 0.6) is 11.5 Å². The summed E-state index contributed by atoms with van der Waals surface area (Å²) in [4.78, 5) is 28.3. The van der Waals surface area contributed by atoms with Gasteiger partial charge in [-0.3, -0.25) is 14.2 Å². The summed E-state index contributed by atoms with van der Waals surface area (Å²) in [5.74, 6) is 0.217. The maximum atomic E-state index is 13.5. The molecule has 7 nitrogen and oxygen atoms in total. The lowest BCUT2D eigenvalue weighted by molar-refractivity contribution is -0.123.